The summed E-state index contributed by atoms with van der Waals surface area (Å²) in [4.78, 5) is 15.0. The molecule has 1 aliphatic rings. The maximum atomic E-state index is 10.9. The van der Waals surface area contributed by atoms with Crippen LogP contribution in [0.1, 0.15) is 12.8 Å². The molecule has 0 saturated carbocycles. The van der Waals surface area contributed by atoms with Gasteiger partial charge in [-0.3, -0.25) is 4.79 Å². The van der Waals surface area contributed by atoms with E-state index in [0.29, 0.717) is 18.1 Å². The van der Waals surface area contributed by atoms with Crippen LogP contribution in [0.2, 0.25) is 5.15 Å². The molecule has 76 valence electrons. The number of nitrogens with one attached hydrogen (secondary N) is 2. The topological polar surface area (TPSA) is 54.0 Å². The molecule has 0 aliphatic carbocycles. The van der Waals surface area contributed by atoms with Gasteiger partial charge in [0, 0.05) is 24.4 Å². The molecule has 0 bridgehead atoms. The summed E-state index contributed by atoms with van der Waals surface area (Å²) >= 11 is 7.17. The van der Waals surface area contributed by atoms with Gasteiger partial charge >= 0.3 is 0 Å². The fourth-order valence-electron chi connectivity index (χ4n) is 1.35. The van der Waals surface area contributed by atoms with Crippen LogP contribution in [0, 0.1) is 0 Å². The molecule has 0 spiro atoms. The summed E-state index contributed by atoms with van der Waals surface area (Å²) in [5.41, 5.74) is 0. The normalized spacial score (nSPS) is 21.8. The Morgan fingerprint density at radius 2 is 2.57 bits per heavy atom. The van der Waals surface area contributed by atoms with Gasteiger partial charge in [0.1, 0.15) is 5.15 Å². The van der Waals surface area contributed by atoms with E-state index in [0.717, 1.165) is 11.6 Å². The fraction of sp³-hybridized carbons (Fsp3) is 0.500. The Balaban J connectivity index is 1.89. The molecule has 1 fully saturated rings. The summed E-state index contributed by atoms with van der Waals surface area (Å²) in [6.07, 6.45) is 1.43. The highest BCUT2D eigenvalue weighted by molar-refractivity contribution is 7.14. The van der Waals surface area contributed by atoms with Crippen molar-refractivity contribution in [2.75, 3.05) is 11.9 Å². The largest absolute Gasteiger partial charge is 0.357 e. The van der Waals surface area contributed by atoms with E-state index in [9.17, 15) is 4.79 Å². The predicted octanol–water partition coefficient (Wildman–Crippen LogP) is 1.49. The Morgan fingerprint density at radius 1 is 1.71 bits per heavy atom. The molecule has 1 saturated heterocycles. The molecular weight excluding hydrogens is 222 g/mol. The van der Waals surface area contributed by atoms with E-state index in [2.05, 4.69) is 15.6 Å². The van der Waals surface area contributed by atoms with Crippen LogP contribution in [0.15, 0.2) is 5.38 Å². The summed E-state index contributed by atoms with van der Waals surface area (Å²) in [5, 5.41) is 9.14. The number of aromatic nitrogens is 1. The summed E-state index contributed by atoms with van der Waals surface area (Å²) in [6, 6.07) is 0.273. The molecule has 1 unspecified atom stereocenters. The van der Waals surface area contributed by atoms with Crippen molar-refractivity contribution in [2.24, 2.45) is 0 Å². The van der Waals surface area contributed by atoms with E-state index in [1.165, 1.54) is 11.3 Å². The predicted molar refractivity (Wildman–Crippen MR) is 56.8 cm³/mol. The Kier molecular flexibility index (Phi) is 2.88. The number of carbonyl (C=O) groups excluding carboxylic acids is 1. The minimum atomic E-state index is 0.125. The number of anilines is 1. The van der Waals surface area contributed by atoms with Crippen LogP contribution in [-0.4, -0.2) is 23.5 Å². The second kappa shape index (κ2) is 4.14. The number of thiazole rings is 1. The quantitative estimate of drug-likeness (QED) is 0.811. The number of halogens is 1. The van der Waals surface area contributed by atoms with Gasteiger partial charge in [-0.15, -0.1) is 11.3 Å². The van der Waals surface area contributed by atoms with Crippen molar-refractivity contribution < 1.29 is 4.79 Å². The monoisotopic (exact) mass is 231 g/mol. The number of rotatable bonds is 2. The second-order valence-corrected chi connectivity index (χ2v) is 4.40. The van der Waals surface area contributed by atoms with Crippen molar-refractivity contribution in [1.82, 2.24) is 10.3 Å². The highest BCUT2D eigenvalue weighted by atomic mass is 35.5. The summed E-state index contributed by atoms with van der Waals surface area (Å²) in [6.45, 7) is 0.663. The highest BCUT2D eigenvalue weighted by Gasteiger charge is 2.18. The van der Waals surface area contributed by atoms with Crippen molar-refractivity contribution >= 4 is 34.0 Å². The molecule has 0 radical (unpaired) electrons. The molecule has 1 aromatic heterocycles. The number of piperidine rings is 1. The van der Waals surface area contributed by atoms with Crippen molar-refractivity contribution in [3.63, 3.8) is 0 Å². The van der Waals surface area contributed by atoms with Gasteiger partial charge in [-0.1, -0.05) is 11.6 Å². The minimum Gasteiger partial charge on any atom is -0.357 e. The van der Waals surface area contributed by atoms with Crippen molar-refractivity contribution in [3.05, 3.63) is 10.5 Å². The average Bonchev–Trinajstić information content (AvgIpc) is 2.56. The molecule has 4 nitrogen and oxygen atoms in total. The highest BCUT2D eigenvalue weighted by Crippen LogP contribution is 2.20. The second-order valence-electron chi connectivity index (χ2n) is 3.16. The van der Waals surface area contributed by atoms with E-state index in [-0.39, 0.29) is 11.9 Å². The van der Waals surface area contributed by atoms with Crippen molar-refractivity contribution in [3.8, 4) is 0 Å². The zero-order valence-corrected chi connectivity index (χ0v) is 8.99. The molecule has 1 atom stereocenters. The fourth-order valence-corrected chi connectivity index (χ4v) is 2.27. The van der Waals surface area contributed by atoms with E-state index in [1.807, 2.05) is 0 Å². The molecule has 1 aromatic rings. The Labute approximate surface area is 90.7 Å². The SMILES string of the molecule is O=C1CCC(Nc2nc(Cl)cs2)CN1. The summed E-state index contributed by atoms with van der Waals surface area (Å²) in [7, 11) is 0. The standard InChI is InChI=1S/C8H10ClN3OS/c9-6-4-14-8(12-6)11-5-1-2-7(13)10-3-5/h4-5H,1-3H2,(H,10,13)(H,11,12). The molecule has 6 heteroatoms. The van der Waals surface area contributed by atoms with Crippen LogP contribution in [0.5, 0.6) is 0 Å². The van der Waals surface area contributed by atoms with Crippen LogP contribution in [0.3, 0.4) is 0 Å². The van der Waals surface area contributed by atoms with Gasteiger partial charge in [0.05, 0.1) is 0 Å². The van der Waals surface area contributed by atoms with Gasteiger partial charge in [-0.05, 0) is 6.42 Å². The Hall–Kier alpha value is -0.810. The van der Waals surface area contributed by atoms with Crippen LogP contribution in [0.4, 0.5) is 5.13 Å². The lowest BCUT2D eigenvalue weighted by atomic mass is 10.1. The van der Waals surface area contributed by atoms with Crippen LogP contribution < -0.4 is 10.6 Å². The Bertz CT molecular complexity index is 331. The minimum absolute atomic E-state index is 0.125. The van der Waals surface area contributed by atoms with E-state index < -0.39 is 0 Å². The summed E-state index contributed by atoms with van der Waals surface area (Å²) < 4.78 is 0. The Morgan fingerprint density at radius 3 is 3.14 bits per heavy atom. The third kappa shape index (κ3) is 2.36. The lowest BCUT2D eigenvalue weighted by Crippen LogP contribution is -2.41. The lowest BCUT2D eigenvalue weighted by Gasteiger charge is -2.22. The van der Waals surface area contributed by atoms with Gasteiger partial charge in [0.2, 0.25) is 5.91 Å². The molecule has 2 rings (SSSR count). The molecule has 0 aromatic carbocycles. The number of carbonyl (C=O) groups is 1. The molecule has 2 N–H and O–H groups in total. The van der Waals surface area contributed by atoms with Gasteiger partial charge in [-0.25, -0.2) is 4.98 Å². The average molecular weight is 232 g/mol. The number of amides is 1. The maximum Gasteiger partial charge on any atom is 0.220 e. The molecule has 14 heavy (non-hydrogen) atoms. The van der Waals surface area contributed by atoms with Gasteiger partial charge in [0.15, 0.2) is 5.13 Å². The zero-order valence-electron chi connectivity index (χ0n) is 7.42. The summed E-state index contributed by atoms with van der Waals surface area (Å²) in [5.74, 6) is 0.125. The van der Waals surface area contributed by atoms with Gasteiger partial charge < -0.3 is 10.6 Å². The maximum absolute atomic E-state index is 10.9. The lowest BCUT2D eigenvalue weighted by molar-refractivity contribution is -0.122. The number of nitrogens with zero attached hydrogens (tertiary/aromatic N) is 1. The number of hydrogen-bond acceptors (Lipinski definition) is 4. The molecule has 1 amide bonds. The van der Waals surface area contributed by atoms with Crippen LogP contribution >= 0.6 is 22.9 Å². The van der Waals surface area contributed by atoms with Crippen LogP contribution in [0.25, 0.3) is 0 Å². The first-order valence-electron chi connectivity index (χ1n) is 4.38. The molecule has 1 aliphatic heterocycles. The van der Waals surface area contributed by atoms with Gasteiger partial charge in [0.25, 0.3) is 0 Å². The van der Waals surface area contributed by atoms with Crippen molar-refractivity contribution in [2.45, 2.75) is 18.9 Å². The third-order valence-electron chi connectivity index (χ3n) is 2.07. The van der Waals surface area contributed by atoms with E-state index >= 15 is 0 Å². The van der Waals surface area contributed by atoms with Gasteiger partial charge in [-0.2, -0.15) is 0 Å². The first kappa shape index (κ1) is 9.73. The van der Waals surface area contributed by atoms with Crippen molar-refractivity contribution in [1.29, 1.82) is 0 Å². The number of hydrogen-bond donors (Lipinski definition) is 2. The smallest absolute Gasteiger partial charge is 0.220 e. The van der Waals surface area contributed by atoms with E-state index in [1.54, 1.807) is 5.38 Å². The first-order valence-corrected chi connectivity index (χ1v) is 5.64. The third-order valence-corrected chi connectivity index (χ3v) is 3.17. The van der Waals surface area contributed by atoms with Crippen LogP contribution in [-0.2, 0) is 4.79 Å². The zero-order chi connectivity index (χ0) is 9.97. The molecular formula is C8H10ClN3OS. The molecule has 2 heterocycles. The first-order chi connectivity index (χ1) is 6.74. The van der Waals surface area contributed by atoms with E-state index in [4.69, 9.17) is 11.6 Å².